The summed E-state index contributed by atoms with van der Waals surface area (Å²) in [5, 5.41) is 10.7. The Balaban J connectivity index is 3.18. The molecule has 1 rings (SSSR count). The lowest BCUT2D eigenvalue weighted by molar-refractivity contribution is -0.384. The van der Waals surface area contributed by atoms with E-state index in [1.165, 1.54) is 12.1 Å². The van der Waals surface area contributed by atoms with E-state index in [0.717, 1.165) is 6.07 Å². The van der Waals surface area contributed by atoms with Crippen LogP contribution in [0.1, 0.15) is 0 Å². The fourth-order valence-electron chi connectivity index (χ4n) is 0.981. The first-order valence-electron chi connectivity index (χ1n) is 4.28. The molecule has 0 spiro atoms. The van der Waals surface area contributed by atoms with Crippen LogP contribution in [-0.2, 0) is 0 Å². The number of nitrogens with zero attached hydrogens (tertiary/aromatic N) is 3. The van der Waals surface area contributed by atoms with E-state index in [1.54, 1.807) is 0 Å². The smallest absolute Gasteiger partial charge is 0.271 e. The number of benzene rings is 1. The minimum Gasteiger partial charge on any atom is -0.370 e. The Labute approximate surface area is 101 Å². The van der Waals surface area contributed by atoms with Gasteiger partial charge in [0.25, 0.3) is 5.69 Å². The second-order valence-electron chi connectivity index (χ2n) is 2.90. The molecule has 8 nitrogen and oxygen atoms in total. The number of nitrogens with two attached hydrogens (primary N) is 3. The lowest BCUT2D eigenvalue weighted by atomic mass is 10.3. The molecule has 0 aromatic heterocycles. The number of hydrogen-bond acceptors (Lipinski definition) is 3. The van der Waals surface area contributed by atoms with E-state index in [1.807, 2.05) is 0 Å². The van der Waals surface area contributed by atoms with Crippen LogP contribution in [0.5, 0.6) is 0 Å². The molecule has 0 saturated heterocycles. The monoisotopic (exact) mass is 256 g/mol. The van der Waals surface area contributed by atoms with Gasteiger partial charge in [0, 0.05) is 12.1 Å². The van der Waals surface area contributed by atoms with Crippen LogP contribution >= 0.6 is 11.6 Å². The lowest BCUT2D eigenvalue weighted by Crippen LogP contribution is -2.26. The number of non-ortho nitro benzene ring substituents is 1. The first-order chi connectivity index (χ1) is 7.90. The molecule has 9 heteroatoms. The minimum absolute atomic E-state index is 0.114. The van der Waals surface area contributed by atoms with Crippen molar-refractivity contribution >= 4 is 34.9 Å². The topological polar surface area (TPSA) is 146 Å². The average molecular weight is 257 g/mol. The SMILES string of the molecule is NC(N)=NC(N)=Nc1cc([N+](=O)[O-])ccc1Cl. The van der Waals surface area contributed by atoms with Crippen molar-refractivity contribution in [2.45, 2.75) is 0 Å². The molecule has 0 aliphatic heterocycles. The largest absolute Gasteiger partial charge is 0.370 e. The summed E-state index contributed by atoms with van der Waals surface area (Å²) < 4.78 is 0. The number of nitro benzene ring substituents is 1. The van der Waals surface area contributed by atoms with Gasteiger partial charge < -0.3 is 17.2 Å². The average Bonchev–Trinajstić information content (AvgIpc) is 2.19. The van der Waals surface area contributed by atoms with Gasteiger partial charge in [0.2, 0.25) is 5.96 Å². The molecule has 0 bridgehead atoms. The van der Waals surface area contributed by atoms with Crippen LogP contribution in [0.4, 0.5) is 11.4 Å². The summed E-state index contributed by atoms with van der Waals surface area (Å²) in [6.45, 7) is 0. The number of hydrogen-bond donors (Lipinski definition) is 3. The quantitative estimate of drug-likeness (QED) is 0.305. The molecule has 0 unspecified atom stereocenters. The lowest BCUT2D eigenvalue weighted by Gasteiger charge is -1.99. The molecule has 0 saturated carbocycles. The molecular weight excluding hydrogens is 248 g/mol. The van der Waals surface area contributed by atoms with E-state index in [2.05, 4.69) is 9.98 Å². The standard InChI is InChI=1S/C8H9ClN6O2/c9-5-2-1-4(15(16)17)3-6(5)13-8(12)14-7(10)11/h1-3H,(H6,10,11,12,13,14). The van der Waals surface area contributed by atoms with Gasteiger partial charge in [0.1, 0.15) is 0 Å². The van der Waals surface area contributed by atoms with E-state index < -0.39 is 4.92 Å². The predicted octanol–water partition coefficient (Wildman–Crippen LogP) is 0.468. The van der Waals surface area contributed by atoms with Gasteiger partial charge in [-0.3, -0.25) is 10.1 Å². The van der Waals surface area contributed by atoms with E-state index in [9.17, 15) is 10.1 Å². The van der Waals surface area contributed by atoms with Crippen LogP contribution in [0.15, 0.2) is 28.2 Å². The highest BCUT2D eigenvalue weighted by atomic mass is 35.5. The molecule has 90 valence electrons. The van der Waals surface area contributed by atoms with Crippen molar-refractivity contribution in [2.75, 3.05) is 0 Å². The maximum atomic E-state index is 10.5. The number of rotatable bonds is 2. The molecule has 1 aromatic rings. The molecular formula is C8H9ClN6O2. The fourth-order valence-corrected chi connectivity index (χ4v) is 1.14. The van der Waals surface area contributed by atoms with Crippen molar-refractivity contribution < 1.29 is 4.92 Å². The van der Waals surface area contributed by atoms with Crippen molar-refractivity contribution in [1.29, 1.82) is 0 Å². The van der Waals surface area contributed by atoms with Gasteiger partial charge in [-0.2, -0.15) is 4.99 Å². The predicted molar refractivity (Wildman–Crippen MR) is 65.2 cm³/mol. The molecule has 0 heterocycles. The van der Waals surface area contributed by atoms with Gasteiger partial charge >= 0.3 is 0 Å². The van der Waals surface area contributed by atoms with E-state index in [0.29, 0.717) is 0 Å². The third kappa shape index (κ3) is 3.61. The summed E-state index contributed by atoms with van der Waals surface area (Å²) in [6.07, 6.45) is 0. The van der Waals surface area contributed by atoms with Crippen LogP contribution < -0.4 is 17.2 Å². The second kappa shape index (κ2) is 5.12. The normalized spacial score (nSPS) is 11.0. The highest BCUT2D eigenvalue weighted by Gasteiger charge is 2.09. The zero-order valence-electron chi connectivity index (χ0n) is 8.50. The molecule has 1 aromatic carbocycles. The molecule has 0 aliphatic carbocycles. The van der Waals surface area contributed by atoms with Crippen molar-refractivity contribution in [1.82, 2.24) is 0 Å². The van der Waals surface area contributed by atoms with Gasteiger partial charge in [0.05, 0.1) is 15.6 Å². The van der Waals surface area contributed by atoms with Gasteiger partial charge in [-0.1, -0.05) is 11.6 Å². The molecule has 0 atom stereocenters. The Hall–Kier alpha value is -2.35. The van der Waals surface area contributed by atoms with Crippen LogP contribution in [-0.4, -0.2) is 16.8 Å². The van der Waals surface area contributed by atoms with Crippen LogP contribution in [0, 0.1) is 10.1 Å². The Morgan fingerprint density at radius 2 is 2.00 bits per heavy atom. The number of nitro groups is 1. The van der Waals surface area contributed by atoms with Gasteiger partial charge in [-0.05, 0) is 6.07 Å². The molecule has 6 N–H and O–H groups in total. The minimum atomic E-state index is -0.577. The van der Waals surface area contributed by atoms with Gasteiger partial charge in [-0.15, -0.1) is 0 Å². The third-order valence-corrected chi connectivity index (χ3v) is 1.94. The second-order valence-corrected chi connectivity index (χ2v) is 3.31. The van der Waals surface area contributed by atoms with Gasteiger partial charge in [-0.25, -0.2) is 4.99 Å². The van der Waals surface area contributed by atoms with Crippen molar-refractivity contribution in [3.8, 4) is 0 Å². The molecule has 17 heavy (non-hydrogen) atoms. The van der Waals surface area contributed by atoms with E-state index in [4.69, 9.17) is 28.8 Å². The summed E-state index contributed by atoms with van der Waals surface area (Å²) in [5.74, 6) is -0.514. The molecule has 0 fully saturated rings. The zero-order chi connectivity index (χ0) is 13.0. The Bertz CT molecular complexity index is 509. The summed E-state index contributed by atoms with van der Waals surface area (Å²) in [4.78, 5) is 17.2. The van der Waals surface area contributed by atoms with Gasteiger partial charge in [0.15, 0.2) is 5.96 Å². The molecule has 0 radical (unpaired) electrons. The first-order valence-corrected chi connectivity index (χ1v) is 4.65. The van der Waals surface area contributed by atoms with Crippen molar-refractivity contribution in [3.63, 3.8) is 0 Å². The number of aliphatic imine (C=N–C) groups is 2. The van der Waals surface area contributed by atoms with Crippen LogP contribution in [0.3, 0.4) is 0 Å². The highest BCUT2D eigenvalue weighted by Crippen LogP contribution is 2.29. The third-order valence-electron chi connectivity index (χ3n) is 1.62. The maximum Gasteiger partial charge on any atom is 0.271 e. The summed E-state index contributed by atoms with van der Waals surface area (Å²) in [6, 6.07) is 3.75. The summed E-state index contributed by atoms with van der Waals surface area (Å²) in [5.41, 5.74) is 15.5. The molecule has 0 aliphatic rings. The van der Waals surface area contributed by atoms with Crippen LogP contribution in [0.2, 0.25) is 5.02 Å². The zero-order valence-corrected chi connectivity index (χ0v) is 9.26. The van der Waals surface area contributed by atoms with Crippen LogP contribution in [0.25, 0.3) is 0 Å². The number of guanidine groups is 2. The number of halogens is 1. The Kier molecular flexibility index (Phi) is 3.83. The van der Waals surface area contributed by atoms with Crippen molar-refractivity contribution in [3.05, 3.63) is 33.3 Å². The summed E-state index contributed by atoms with van der Waals surface area (Å²) in [7, 11) is 0. The van der Waals surface area contributed by atoms with E-state index in [-0.39, 0.29) is 28.3 Å². The molecule has 0 amide bonds. The first kappa shape index (κ1) is 12.7. The maximum absolute atomic E-state index is 10.5. The van der Waals surface area contributed by atoms with E-state index >= 15 is 0 Å². The Morgan fingerprint density at radius 3 is 2.53 bits per heavy atom. The fraction of sp³-hybridized carbons (Fsp3) is 0. The highest BCUT2D eigenvalue weighted by molar-refractivity contribution is 6.33. The summed E-state index contributed by atoms with van der Waals surface area (Å²) >= 11 is 5.79. The van der Waals surface area contributed by atoms with Crippen molar-refractivity contribution in [2.24, 2.45) is 27.2 Å². The Morgan fingerprint density at radius 1 is 1.35 bits per heavy atom.